The SMILES string of the molecule is CCCn1c(=O)[nH]c(=O)c2c1nc(-c1ccc(F)cc1F)n2CCOC. The largest absolute Gasteiger partial charge is 0.383 e. The van der Waals surface area contributed by atoms with Gasteiger partial charge in [0.25, 0.3) is 5.56 Å². The summed E-state index contributed by atoms with van der Waals surface area (Å²) in [4.78, 5) is 31.2. The zero-order valence-electron chi connectivity index (χ0n) is 14.4. The van der Waals surface area contributed by atoms with Gasteiger partial charge in [-0.2, -0.15) is 0 Å². The summed E-state index contributed by atoms with van der Waals surface area (Å²) in [5.74, 6) is -1.39. The first-order valence-corrected chi connectivity index (χ1v) is 8.15. The molecule has 1 aromatic carbocycles. The van der Waals surface area contributed by atoms with Gasteiger partial charge >= 0.3 is 5.69 Å². The number of hydrogen-bond donors (Lipinski definition) is 1. The number of benzene rings is 1. The lowest BCUT2D eigenvalue weighted by Crippen LogP contribution is -2.31. The highest BCUT2D eigenvalue weighted by Crippen LogP contribution is 2.25. The van der Waals surface area contributed by atoms with Crippen LogP contribution < -0.4 is 11.2 Å². The van der Waals surface area contributed by atoms with E-state index in [-0.39, 0.29) is 35.7 Å². The number of ether oxygens (including phenoxy) is 1. The van der Waals surface area contributed by atoms with Crippen LogP contribution in [0.2, 0.25) is 0 Å². The first-order valence-electron chi connectivity index (χ1n) is 8.15. The number of aromatic nitrogens is 4. The van der Waals surface area contributed by atoms with E-state index >= 15 is 0 Å². The third-order valence-corrected chi connectivity index (χ3v) is 4.02. The van der Waals surface area contributed by atoms with E-state index in [0.717, 1.165) is 12.1 Å². The van der Waals surface area contributed by atoms with Crippen LogP contribution in [0.25, 0.3) is 22.6 Å². The minimum Gasteiger partial charge on any atom is -0.383 e. The summed E-state index contributed by atoms with van der Waals surface area (Å²) in [6.07, 6.45) is 0.645. The van der Waals surface area contributed by atoms with Crippen LogP contribution in [0.4, 0.5) is 8.78 Å². The van der Waals surface area contributed by atoms with Crippen LogP contribution in [-0.2, 0) is 17.8 Å². The quantitative estimate of drug-likeness (QED) is 0.724. The van der Waals surface area contributed by atoms with E-state index in [1.54, 1.807) is 0 Å². The van der Waals surface area contributed by atoms with Gasteiger partial charge in [0.05, 0.1) is 12.2 Å². The lowest BCUT2D eigenvalue weighted by molar-refractivity contribution is 0.188. The Morgan fingerprint density at radius 1 is 1.19 bits per heavy atom. The minimum absolute atomic E-state index is 0.0357. The number of nitrogens with zero attached hydrogens (tertiary/aromatic N) is 3. The first-order chi connectivity index (χ1) is 12.5. The number of halogens is 2. The van der Waals surface area contributed by atoms with Crippen LogP contribution >= 0.6 is 0 Å². The van der Waals surface area contributed by atoms with E-state index in [0.29, 0.717) is 13.0 Å². The van der Waals surface area contributed by atoms with Crippen molar-refractivity contribution in [2.24, 2.45) is 0 Å². The molecule has 26 heavy (non-hydrogen) atoms. The third kappa shape index (κ3) is 3.05. The van der Waals surface area contributed by atoms with Crippen molar-refractivity contribution in [3.63, 3.8) is 0 Å². The average Bonchev–Trinajstić information content (AvgIpc) is 2.96. The zero-order valence-corrected chi connectivity index (χ0v) is 14.4. The van der Waals surface area contributed by atoms with Crippen LogP contribution in [0.1, 0.15) is 13.3 Å². The Balaban J connectivity index is 2.38. The second-order valence-corrected chi connectivity index (χ2v) is 5.79. The Kier molecular flexibility index (Phi) is 4.99. The van der Waals surface area contributed by atoms with Crippen molar-refractivity contribution >= 4 is 11.2 Å². The molecule has 0 unspecified atom stereocenters. The van der Waals surface area contributed by atoms with Crippen molar-refractivity contribution in [2.75, 3.05) is 13.7 Å². The Bertz CT molecular complexity index is 1070. The van der Waals surface area contributed by atoms with Crippen molar-refractivity contribution in [2.45, 2.75) is 26.4 Å². The topological polar surface area (TPSA) is 81.9 Å². The van der Waals surface area contributed by atoms with Crippen molar-refractivity contribution in [3.8, 4) is 11.4 Å². The lowest BCUT2D eigenvalue weighted by atomic mass is 10.2. The van der Waals surface area contributed by atoms with Gasteiger partial charge in [0.2, 0.25) is 0 Å². The smallest absolute Gasteiger partial charge is 0.330 e. The molecule has 0 radical (unpaired) electrons. The van der Waals surface area contributed by atoms with Gasteiger partial charge < -0.3 is 9.30 Å². The van der Waals surface area contributed by atoms with E-state index in [1.165, 1.54) is 22.3 Å². The normalized spacial score (nSPS) is 11.4. The van der Waals surface area contributed by atoms with Gasteiger partial charge in [0, 0.05) is 26.3 Å². The standard InChI is InChI=1S/C17H18F2N4O3/c1-3-6-23-15-13(16(24)21-17(23)25)22(7-8-26-2)14(20-15)11-5-4-10(18)9-12(11)19/h4-5,9H,3,6-8H2,1-2H3,(H,21,24,25). The minimum atomic E-state index is -0.806. The number of H-pyrrole nitrogens is 1. The summed E-state index contributed by atoms with van der Waals surface area (Å²) in [5.41, 5.74) is -0.848. The molecule has 0 amide bonds. The Morgan fingerprint density at radius 3 is 2.62 bits per heavy atom. The molecule has 0 bridgehead atoms. The molecule has 3 rings (SSSR count). The van der Waals surface area contributed by atoms with Gasteiger partial charge in [0.1, 0.15) is 17.5 Å². The maximum absolute atomic E-state index is 14.3. The molecule has 3 aromatic rings. The molecule has 0 spiro atoms. The van der Waals surface area contributed by atoms with Gasteiger partial charge in [-0.25, -0.2) is 18.6 Å². The summed E-state index contributed by atoms with van der Waals surface area (Å²) in [6, 6.07) is 3.12. The highest BCUT2D eigenvalue weighted by molar-refractivity contribution is 5.77. The maximum Gasteiger partial charge on any atom is 0.330 e. The summed E-state index contributed by atoms with van der Waals surface area (Å²) in [6.45, 7) is 2.69. The maximum atomic E-state index is 14.3. The monoisotopic (exact) mass is 364 g/mol. The molecule has 2 heterocycles. The molecule has 1 N–H and O–H groups in total. The van der Waals surface area contributed by atoms with E-state index in [2.05, 4.69) is 9.97 Å². The number of fused-ring (bicyclic) bond motifs is 1. The molecule has 0 aliphatic heterocycles. The van der Waals surface area contributed by atoms with Crippen molar-refractivity contribution < 1.29 is 13.5 Å². The van der Waals surface area contributed by atoms with Crippen LogP contribution in [0, 0.1) is 11.6 Å². The van der Waals surface area contributed by atoms with Crippen molar-refractivity contribution in [1.82, 2.24) is 19.1 Å². The van der Waals surface area contributed by atoms with Crippen LogP contribution in [-0.4, -0.2) is 32.8 Å². The second kappa shape index (κ2) is 7.20. The Labute approximate surface area is 146 Å². The molecule has 138 valence electrons. The lowest BCUT2D eigenvalue weighted by Gasteiger charge is -2.09. The highest BCUT2D eigenvalue weighted by atomic mass is 19.1. The molecule has 0 saturated heterocycles. The second-order valence-electron chi connectivity index (χ2n) is 5.79. The molecule has 0 aliphatic carbocycles. The summed E-state index contributed by atoms with van der Waals surface area (Å²) in [7, 11) is 1.49. The number of aromatic amines is 1. The van der Waals surface area contributed by atoms with E-state index in [1.807, 2.05) is 6.92 Å². The van der Waals surface area contributed by atoms with Gasteiger partial charge in [-0.05, 0) is 18.6 Å². The zero-order chi connectivity index (χ0) is 18.8. The van der Waals surface area contributed by atoms with Gasteiger partial charge in [-0.15, -0.1) is 0 Å². The number of nitrogens with one attached hydrogen (secondary N) is 1. The van der Waals surface area contributed by atoms with Crippen LogP contribution in [0.15, 0.2) is 27.8 Å². The highest BCUT2D eigenvalue weighted by Gasteiger charge is 2.21. The average molecular weight is 364 g/mol. The molecule has 0 atom stereocenters. The number of rotatable bonds is 6. The first kappa shape index (κ1) is 18.0. The summed E-state index contributed by atoms with van der Waals surface area (Å²) in [5, 5.41) is 0. The molecule has 2 aromatic heterocycles. The molecule has 0 fully saturated rings. The van der Waals surface area contributed by atoms with E-state index in [4.69, 9.17) is 4.74 Å². The summed E-state index contributed by atoms with van der Waals surface area (Å²) >= 11 is 0. The molecular weight excluding hydrogens is 346 g/mol. The molecule has 7 nitrogen and oxygen atoms in total. The fraction of sp³-hybridized carbons (Fsp3) is 0.353. The van der Waals surface area contributed by atoms with E-state index in [9.17, 15) is 18.4 Å². The van der Waals surface area contributed by atoms with Crippen molar-refractivity contribution in [3.05, 3.63) is 50.7 Å². The number of imidazole rings is 1. The third-order valence-electron chi connectivity index (χ3n) is 4.02. The number of hydrogen-bond acceptors (Lipinski definition) is 4. The molecule has 0 aliphatic rings. The van der Waals surface area contributed by atoms with Gasteiger partial charge in [0.15, 0.2) is 11.2 Å². The van der Waals surface area contributed by atoms with Crippen LogP contribution in [0.5, 0.6) is 0 Å². The molecular formula is C17H18F2N4O3. The fourth-order valence-electron chi connectivity index (χ4n) is 2.88. The van der Waals surface area contributed by atoms with Crippen LogP contribution in [0.3, 0.4) is 0 Å². The van der Waals surface area contributed by atoms with Crippen molar-refractivity contribution in [1.29, 1.82) is 0 Å². The predicted molar refractivity (Wildman–Crippen MR) is 92.1 cm³/mol. The molecule has 0 saturated carbocycles. The Morgan fingerprint density at radius 2 is 1.96 bits per heavy atom. The molecule has 9 heteroatoms. The fourth-order valence-corrected chi connectivity index (χ4v) is 2.88. The number of methoxy groups -OCH3 is 1. The predicted octanol–water partition coefficient (Wildman–Crippen LogP) is 1.89. The number of aryl methyl sites for hydroxylation is 1. The summed E-state index contributed by atoms with van der Waals surface area (Å²) < 4.78 is 35.5. The Hall–Kier alpha value is -2.81. The van der Waals surface area contributed by atoms with Gasteiger partial charge in [-0.3, -0.25) is 14.3 Å². The van der Waals surface area contributed by atoms with E-state index < -0.39 is 22.9 Å². The van der Waals surface area contributed by atoms with Gasteiger partial charge in [-0.1, -0.05) is 6.92 Å².